The van der Waals surface area contributed by atoms with Gasteiger partial charge in [0.25, 0.3) is 0 Å². The molecule has 1 aromatic heterocycles. The first-order valence-electron chi connectivity index (χ1n) is 8.68. The van der Waals surface area contributed by atoms with Gasteiger partial charge in [0, 0.05) is 25.0 Å². The van der Waals surface area contributed by atoms with Crippen LogP contribution in [0, 0.1) is 5.92 Å². The molecule has 1 saturated heterocycles. The number of piperidine rings is 1. The zero-order valence-corrected chi connectivity index (χ0v) is 18.3. The van der Waals surface area contributed by atoms with Crippen LogP contribution in [0.1, 0.15) is 37.4 Å². The van der Waals surface area contributed by atoms with Gasteiger partial charge < -0.3 is 15.5 Å². The van der Waals surface area contributed by atoms with Crippen molar-refractivity contribution in [2.45, 2.75) is 39.4 Å². The number of thiazole rings is 1. The van der Waals surface area contributed by atoms with Crippen molar-refractivity contribution in [2.75, 3.05) is 32.7 Å². The molecule has 0 aliphatic carbocycles. The second-order valence-corrected chi connectivity index (χ2v) is 7.04. The van der Waals surface area contributed by atoms with Gasteiger partial charge in [-0.05, 0) is 38.8 Å². The number of nitrogens with one attached hydrogen (secondary N) is 2. The summed E-state index contributed by atoms with van der Waals surface area (Å²) >= 11 is 0.985. The van der Waals surface area contributed by atoms with E-state index in [1.165, 1.54) is 12.8 Å². The van der Waals surface area contributed by atoms with Crippen LogP contribution in [-0.4, -0.2) is 48.6 Å². The van der Waals surface area contributed by atoms with Gasteiger partial charge in [-0.1, -0.05) is 6.92 Å². The molecule has 1 atom stereocenters. The van der Waals surface area contributed by atoms with Crippen molar-refractivity contribution in [1.29, 1.82) is 0 Å². The molecule has 10 heteroatoms. The monoisotopic (exact) mass is 505 g/mol. The van der Waals surface area contributed by atoms with E-state index in [-0.39, 0.29) is 30.5 Å². The molecule has 1 aliphatic rings. The van der Waals surface area contributed by atoms with Gasteiger partial charge in [-0.25, -0.2) is 9.98 Å². The Balaban J connectivity index is 0.00000338. The fraction of sp³-hybridized carbons (Fsp3) is 0.750. The third-order valence-corrected chi connectivity index (χ3v) is 5.00. The van der Waals surface area contributed by atoms with Crippen molar-refractivity contribution in [1.82, 2.24) is 20.5 Å². The van der Waals surface area contributed by atoms with Gasteiger partial charge in [-0.15, -0.1) is 35.3 Å². The van der Waals surface area contributed by atoms with E-state index >= 15 is 0 Å². The molecule has 1 fully saturated rings. The molecule has 0 bridgehead atoms. The summed E-state index contributed by atoms with van der Waals surface area (Å²) < 4.78 is 37.8. The SMILES string of the molecule is CCNC(=NCc1nc(C(F)(F)F)cs1)NCC1CCCN(CC)C1.I. The molecule has 0 aromatic carbocycles. The minimum Gasteiger partial charge on any atom is -0.357 e. The predicted octanol–water partition coefficient (Wildman–Crippen LogP) is 3.57. The van der Waals surface area contributed by atoms with Crippen LogP contribution in [0.3, 0.4) is 0 Å². The molecule has 150 valence electrons. The molecule has 1 aromatic rings. The second kappa shape index (κ2) is 11.3. The summed E-state index contributed by atoms with van der Waals surface area (Å²) in [4.78, 5) is 10.4. The van der Waals surface area contributed by atoms with Gasteiger partial charge in [-0.2, -0.15) is 13.2 Å². The van der Waals surface area contributed by atoms with E-state index in [1.54, 1.807) is 0 Å². The van der Waals surface area contributed by atoms with E-state index in [2.05, 4.69) is 32.4 Å². The number of likely N-dealkylation sites (tertiary alicyclic amines) is 1. The van der Waals surface area contributed by atoms with E-state index in [0.29, 0.717) is 23.4 Å². The molecule has 2 heterocycles. The Hall–Kier alpha value is -0.620. The van der Waals surface area contributed by atoms with Gasteiger partial charge in [0.2, 0.25) is 0 Å². The molecule has 2 N–H and O–H groups in total. The van der Waals surface area contributed by atoms with Crippen LogP contribution in [0.15, 0.2) is 10.4 Å². The van der Waals surface area contributed by atoms with Gasteiger partial charge in [-0.3, -0.25) is 0 Å². The van der Waals surface area contributed by atoms with Crippen molar-refractivity contribution >= 4 is 41.3 Å². The van der Waals surface area contributed by atoms with E-state index < -0.39 is 11.9 Å². The first kappa shape index (κ1) is 23.4. The maximum atomic E-state index is 12.6. The van der Waals surface area contributed by atoms with Gasteiger partial charge in [0.1, 0.15) is 5.01 Å². The highest BCUT2D eigenvalue weighted by atomic mass is 127. The Morgan fingerprint density at radius 1 is 1.38 bits per heavy atom. The highest BCUT2D eigenvalue weighted by molar-refractivity contribution is 14.0. The molecular formula is C16H27F3IN5S. The average molecular weight is 505 g/mol. The Kier molecular flexibility index (Phi) is 10.2. The quantitative estimate of drug-likeness (QED) is 0.353. The minimum absolute atomic E-state index is 0. The van der Waals surface area contributed by atoms with Crippen molar-refractivity contribution in [3.8, 4) is 0 Å². The van der Waals surface area contributed by atoms with Crippen molar-refractivity contribution in [2.24, 2.45) is 10.9 Å². The normalized spacial score (nSPS) is 19.1. The lowest BCUT2D eigenvalue weighted by molar-refractivity contribution is -0.140. The zero-order valence-electron chi connectivity index (χ0n) is 15.1. The van der Waals surface area contributed by atoms with Gasteiger partial charge in [0.15, 0.2) is 11.7 Å². The summed E-state index contributed by atoms with van der Waals surface area (Å²) in [5, 5.41) is 7.84. The summed E-state index contributed by atoms with van der Waals surface area (Å²) in [6, 6.07) is 0. The van der Waals surface area contributed by atoms with Gasteiger partial charge >= 0.3 is 6.18 Å². The summed E-state index contributed by atoms with van der Waals surface area (Å²) in [7, 11) is 0. The molecule has 0 radical (unpaired) electrons. The maximum absolute atomic E-state index is 12.6. The molecule has 2 rings (SSSR count). The van der Waals surface area contributed by atoms with E-state index in [1.807, 2.05) is 6.92 Å². The number of nitrogens with zero attached hydrogens (tertiary/aromatic N) is 3. The first-order valence-corrected chi connectivity index (χ1v) is 9.56. The zero-order chi connectivity index (χ0) is 18.3. The highest BCUT2D eigenvalue weighted by Gasteiger charge is 2.33. The summed E-state index contributed by atoms with van der Waals surface area (Å²) in [6.07, 6.45) is -2.01. The highest BCUT2D eigenvalue weighted by Crippen LogP contribution is 2.30. The standard InChI is InChI=1S/C16H26F3N5S.HI/c1-3-20-15(21-8-12-6-5-7-24(4-2)10-12)22-9-14-23-13(11-25-14)16(17,18)19;/h11-12H,3-10H2,1-2H3,(H2,20,21,22);1H. The molecule has 5 nitrogen and oxygen atoms in total. The Morgan fingerprint density at radius 3 is 2.77 bits per heavy atom. The predicted molar refractivity (Wildman–Crippen MR) is 110 cm³/mol. The average Bonchev–Trinajstić information content (AvgIpc) is 3.07. The third kappa shape index (κ3) is 7.55. The smallest absolute Gasteiger partial charge is 0.357 e. The number of halogens is 4. The molecule has 26 heavy (non-hydrogen) atoms. The summed E-state index contributed by atoms with van der Waals surface area (Å²) in [5.41, 5.74) is -0.845. The van der Waals surface area contributed by atoms with E-state index in [9.17, 15) is 13.2 Å². The number of rotatable bonds is 6. The topological polar surface area (TPSA) is 52.6 Å². The Labute approximate surface area is 173 Å². The van der Waals surface area contributed by atoms with E-state index in [0.717, 1.165) is 42.9 Å². The molecule has 0 amide bonds. The van der Waals surface area contributed by atoms with Crippen LogP contribution in [0.2, 0.25) is 0 Å². The second-order valence-electron chi connectivity index (χ2n) is 6.10. The minimum atomic E-state index is -4.40. The van der Waals surface area contributed by atoms with Crippen molar-refractivity contribution in [3.05, 3.63) is 16.1 Å². The molecular weight excluding hydrogens is 478 g/mol. The lowest BCUT2D eigenvalue weighted by Crippen LogP contribution is -2.44. The van der Waals surface area contributed by atoms with Crippen LogP contribution < -0.4 is 10.6 Å². The van der Waals surface area contributed by atoms with Crippen LogP contribution in [0.4, 0.5) is 13.2 Å². The lowest BCUT2D eigenvalue weighted by Gasteiger charge is -2.32. The van der Waals surface area contributed by atoms with Crippen LogP contribution in [0.5, 0.6) is 0 Å². The lowest BCUT2D eigenvalue weighted by atomic mass is 9.98. The number of hydrogen-bond donors (Lipinski definition) is 2. The fourth-order valence-corrected chi connectivity index (χ4v) is 3.57. The number of aromatic nitrogens is 1. The fourth-order valence-electron chi connectivity index (χ4n) is 2.85. The summed E-state index contributed by atoms with van der Waals surface area (Å²) in [6.45, 7) is 9.08. The van der Waals surface area contributed by atoms with Crippen LogP contribution in [-0.2, 0) is 12.7 Å². The number of hydrogen-bond acceptors (Lipinski definition) is 4. The number of alkyl halides is 3. The molecule has 0 spiro atoms. The van der Waals surface area contributed by atoms with Crippen molar-refractivity contribution < 1.29 is 13.2 Å². The van der Waals surface area contributed by atoms with Crippen molar-refractivity contribution in [3.63, 3.8) is 0 Å². The summed E-state index contributed by atoms with van der Waals surface area (Å²) in [5.74, 6) is 1.19. The third-order valence-electron chi connectivity index (χ3n) is 4.17. The largest absolute Gasteiger partial charge is 0.434 e. The maximum Gasteiger partial charge on any atom is 0.434 e. The van der Waals surface area contributed by atoms with Gasteiger partial charge in [0.05, 0.1) is 6.54 Å². The van der Waals surface area contributed by atoms with Crippen LogP contribution in [0.25, 0.3) is 0 Å². The number of guanidine groups is 1. The molecule has 1 aliphatic heterocycles. The van der Waals surface area contributed by atoms with Crippen LogP contribution >= 0.6 is 35.3 Å². The molecule has 1 unspecified atom stereocenters. The first-order chi connectivity index (χ1) is 11.9. The number of aliphatic imine (C=N–C) groups is 1. The molecule has 0 saturated carbocycles. The Morgan fingerprint density at radius 2 is 2.15 bits per heavy atom. The Bertz CT molecular complexity index is 564. The van der Waals surface area contributed by atoms with E-state index in [4.69, 9.17) is 0 Å².